The van der Waals surface area contributed by atoms with Crippen molar-refractivity contribution < 1.29 is 17.6 Å². The summed E-state index contributed by atoms with van der Waals surface area (Å²) in [5.74, 6) is -0.593. The van der Waals surface area contributed by atoms with Crippen LogP contribution < -0.4 is 4.90 Å². The number of anilines is 1. The van der Waals surface area contributed by atoms with E-state index in [1.54, 1.807) is 4.90 Å². The van der Waals surface area contributed by atoms with E-state index in [4.69, 9.17) is 0 Å². The number of rotatable bonds is 6. The van der Waals surface area contributed by atoms with Gasteiger partial charge in [-0.25, -0.2) is 12.8 Å². The highest BCUT2D eigenvalue weighted by molar-refractivity contribution is 7.89. The van der Waals surface area contributed by atoms with Crippen molar-refractivity contribution in [1.29, 1.82) is 0 Å². The minimum absolute atomic E-state index is 0.0138. The van der Waals surface area contributed by atoms with Gasteiger partial charge in [0.1, 0.15) is 5.82 Å². The van der Waals surface area contributed by atoms with Gasteiger partial charge in [0, 0.05) is 38.4 Å². The van der Waals surface area contributed by atoms with Crippen LogP contribution in [0.4, 0.5) is 10.1 Å². The summed E-state index contributed by atoms with van der Waals surface area (Å²) < 4.78 is 40.3. The van der Waals surface area contributed by atoms with Crippen molar-refractivity contribution in [2.24, 2.45) is 0 Å². The zero-order valence-corrected chi connectivity index (χ0v) is 17.5. The Morgan fingerprint density at radius 2 is 1.72 bits per heavy atom. The second-order valence-electron chi connectivity index (χ2n) is 6.99. The lowest BCUT2D eigenvalue weighted by molar-refractivity contribution is -0.123. The number of likely N-dealkylation sites (N-methyl/N-ethyl adjacent to an activating group) is 1. The predicted octanol–water partition coefficient (Wildman–Crippen LogP) is 2.57. The number of piperazine rings is 1. The minimum atomic E-state index is -3.75. The molecule has 0 aromatic heterocycles. The summed E-state index contributed by atoms with van der Waals surface area (Å²) in [7, 11) is -3.75. The molecule has 1 saturated heterocycles. The van der Waals surface area contributed by atoms with Crippen LogP contribution in [-0.2, 0) is 14.8 Å². The van der Waals surface area contributed by atoms with E-state index in [1.807, 2.05) is 49.1 Å². The molecule has 0 bridgehead atoms. The van der Waals surface area contributed by atoms with Gasteiger partial charge in [-0.2, -0.15) is 4.31 Å². The van der Waals surface area contributed by atoms with Crippen LogP contribution in [0.15, 0.2) is 59.5 Å². The van der Waals surface area contributed by atoms with Crippen molar-refractivity contribution in [2.75, 3.05) is 37.6 Å². The molecule has 0 N–H and O–H groups in total. The third-order valence-corrected chi connectivity index (χ3v) is 7.16. The van der Waals surface area contributed by atoms with Crippen molar-refractivity contribution in [3.63, 3.8) is 0 Å². The van der Waals surface area contributed by atoms with E-state index in [0.717, 1.165) is 11.8 Å². The van der Waals surface area contributed by atoms with Crippen LogP contribution in [0, 0.1) is 5.82 Å². The molecule has 0 aliphatic carbocycles. The van der Waals surface area contributed by atoms with Crippen LogP contribution >= 0.6 is 0 Å². The maximum Gasteiger partial charge on any atom is 0.244 e. The summed E-state index contributed by atoms with van der Waals surface area (Å²) in [5.41, 5.74) is 0.846. The lowest BCUT2D eigenvalue weighted by Crippen LogP contribution is -2.55. The number of halogens is 1. The second kappa shape index (κ2) is 9.02. The number of carbonyl (C=O) groups excluding carboxylic acids is 1. The summed E-state index contributed by atoms with van der Waals surface area (Å²) >= 11 is 0. The number of hydrogen-bond acceptors (Lipinski definition) is 4. The fraction of sp³-hybridized carbons (Fsp3) is 0.381. The molecule has 1 aliphatic rings. The van der Waals surface area contributed by atoms with Crippen LogP contribution in [0.5, 0.6) is 0 Å². The Labute approximate surface area is 171 Å². The SMILES string of the molecule is CCN(C(=O)[C@@H](C)N1CCN(S(=O)(=O)c2cccc(F)c2)CC1)c1ccccc1. The smallest absolute Gasteiger partial charge is 0.244 e. The average Bonchev–Trinajstić information content (AvgIpc) is 2.74. The largest absolute Gasteiger partial charge is 0.311 e. The molecule has 0 radical (unpaired) electrons. The van der Waals surface area contributed by atoms with Gasteiger partial charge in [-0.05, 0) is 44.2 Å². The number of benzene rings is 2. The first-order valence-electron chi connectivity index (χ1n) is 9.70. The van der Waals surface area contributed by atoms with Crippen LogP contribution in [-0.4, -0.2) is 62.3 Å². The Hall–Kier alpha value is -2.29. The van der Waals surface area contributed by atoms with Gasteiger partial charge in [0.25, 0.3) is 0 Å². The van der Waals surface area contributed by atoms with Crippen LogP contribution in [0.3, 0.4) is 0 Å². The molecule has 6 nitrogen and oxygen atoms in total. The number of carbonyl (C=O) groups is 1. The van der Waals surface area contributed by atoms with Crippen molar-refractivity contribution in [1.82, 2.24) is 9.21 Å². The Morgan fingerprint density at radius 1 is 1.07 bits per heavy atom. The molecular formula is C21H26FN3O3S. The Morgan fingerprint density at radius 3 is 2.31 bits per heavy atom. The average molecular weight is 420 g/mol. The fourth-order valence-corrected chi connectivity index (χ4v) is 5.02. The maximum absolute atomic E-state index is 13.4. The van der Waals surface area contributed by atoms with Gasteiger partial charge in [0.2, 0.25) is 15.9 Å². The molecule has 2 aromatic rings. The van der Waals surface area contributed by atoms with Crippen molar-refractivity contribution in [3.8, 4) is 0 Å². The zero-order valence-electron chi connectivity index (χ0n) is 16.7. The molecule has 1 atom stereocenters. The maximum atomic E-state index is 13.4. The molecular weight excluding hydrogens is 393 g/mol. The van der Waals surface area contributed by atoms with Gasteiger partial charge in [-0.3, -0.25) is 9.69 Å². The van der Waals surface area contributed by atoms with Crippen LogP contribution in [0.2, 0.25) is 0 Å². The first-order valence-corrected chi connectivity index (χ1v) is 11.1. The molecule has 156 valence electrons. The van der Waals surface area contributed by atoms with Gasteiger partial charge in [0.15, 0.2) is 0 Å². The second-order valence-corrected chi connectivity index (χ2v) is 8.93. The molecule has 8 heteroatoms. The van der Waals surface area contributed by atoms with Crippen molar-refractivity contribution in [3.05, 3.63) is 60.4 Å². The zero-order chi connectivity index (χ0) is 21.0. The topological polar surface area (TPSA) is 60.9 Å². The number of amides is 1. The highest BCUT2D eigenvalue weighted by Gasteiger charge is 2.33. The van der Waals surface area contributed by atoms with E-state index >= 15 is 0 Å². The van der Waals surface area contributed by atoms with Crippen molar-refractivity contribution in [2.45, 2.75) is 24.8 Å². The summed E-state index contributed by atoms with van der Waals surface area (Å²) in [5, 5.41) is 0. The van der Waals surface area contributed by atoms with E-state index in [9.17, 15) is 17.6 Å². The van der Waals surface area contributed by atoms with Gasteiger partial charge in [0.05, 0.1) is 10.9 Å². The quantitative estimate of drug-likeness (QED) is 0.722. The van der Waals surface area contributed by atoms with E-state index in [2.05, 4.69) is 0 Å². The Kier molecular flexibility index (Phi) is 6.66. The summed E-state index contributed by atoms with van der Waals surface area (Å²) in [6, 6.07) is 14.2. The minimum Gasteiger partial charge on any atom is -0.311 e. The van der Waals surface area contributed by atoms with Crippen LogP contribution in [0.25, 0.3) is 0 Å². The number of hydrogen-bond donors (Lipinski definition) is 0. The lowest BCUT2D eigenvalue weighted by Gasteiger charge is -2.38. The van der Waals surface area contributed by atoms with Gasteiger partial charge in [-0.1, -0.05) is 24.3 Å². The van der Waals surface area contributed by atoms with Gasteiger partial charge >= 0.3 is 0 Å². The first-order chi connectivity index (χ1) is 13.8. The number of para-hydroxylation sites is 1. The Balaban J connectivity index is 1.66. The molecule has 0 spiro atoms. The first kappa shape index (κ1) is 21.4. The predicted molar refractivity (Wildman–Crippen MR) is 111 cm³/mol. The Bertz CT molecular complexity index is 945. The van der Waals surface area contributed by atoms with E-state index in [0.29, 0.717) is 19.6 Å². The van der Waals surface area contributed by atoms with Crippen molar-refractivity contribution >= 4 is 21.6 Å². The van der Waals surface area contributed by atoms with Gasteiger partial charge < -0.3 is 4.90 Å². The summed E-state index contributed by atoms with van der Waals surface area (Å²) in [6.07, 6.45) is 0. The van der Waals surface area contributed by atoms with E-state index in [-0.39, 0.29) is 29.9 Å². The molecule has 0 saturated carbocycles. The number of nitrogens with zero attached hydrogens (tertiary/aromatic N) is 3. The molecule has 3 rings (SSSR count). The van der Waals surface area contributed by atoms with Crippen LogP contribution in [0.1, 0.15) is 13.8 Å². The molecule has 1 aliphatic heterocycles. The lowest BCUT2D eigenvalue weighted by atomic mass is 10.2. The summed E-state index contributed by atoms with van der Waals surface area (Å²) in [4.78, 5) is 16.7. The normalized spacial score (nSPS) is 17.1. The molecule has 0 unspecified atom stereocenters. The molecule has 1 amide bonds. The molecule has 1 fully saturated rings. The third kappa shape index (κ3) is 4.66. The van der Waals surface area contributed by atoms with E-state index in [1.165, 1.54) is 22.5 Å². The molecule has 29 heavy (non-hydrogen) atoms. The third-order valence-electron chi connectivity index (χ3n) is 5.26. The highest BCUT2D eigenvalue weighted by Crippen LogP contribution is 2.21. The monoisotopic (exact) mass is 419 g/mol. The molecule has 2 aromatic carbocycles. The highest BCUT2D eigenvalue weighted by atomic mass is 32.2. The number of sulfonamides is 1. The summed E-state index contributed by atoms with van der Waals surface area (Å²) in [6.45, 7) is 5.73. The fourth-order valence-electron chi connectivity index (χ4n) is 3.56. The molecule has 1 heterocycles. The standard InChI is InChI=1S/C21H26FN3O3S/c1-3-25(19-9-5-4-6-10-19)21(26)17(2)23-12-14-24(15-13-23)29(27,28)20-11-7-8-18(22)16-20/h4-11,16-17H,3,12-15H2,1-2H3/t17-/m1/s1. The van der Waals surface area contributed by atoms with E-state index < -0.39 is 15.8 Å². The van der Waals surface area contributed by atoms with Gasteiger partial charge in [-0.15, -0.1) is 0 Å².